The van der Waals surface area contributed by atoms with Crippen molar-refractivity contribution in [3.8, 4) is 5.82 Å². The Labute approximate surface area is 150 Å². The summed E-state index contributed by atoms with van der Waals surface area (Å²) in [5, 5.41) is 8.51. The van der Waals surface area contributed by atoms with Crippen LogP contribution in [0, 0.1) is 0 Å². The Morgan fingerprint density at radius 3 is 2.48 bits per heavy atom. The lowest BCUT2D eigenvalue weighted by Gasteiger charge is -2.25. The van der Waals surface area contributed by atoms with E-state index in [2.05, 4.69) is 10.3 Å². The second kappa shape index (κ2) is 7.14. The van der Waals surface area contributed by atoms with Gasteiger partial charge in [0.15, 0.2) is 11.5 Å². The van der Waals surface area contributed by atoms with Gasteiger partial charge >= 0.3 is 0 Å². The molecular weight excluding hydrogens is 334 g/mol. The summed E-state index contributed by atoms with van der Waals surface area (Å²) < 4.78 is 3.70. The van der Waals surface area contributed by atoms with E-state index in [1.807, 2.05) is 76.1 Å². The van der Waals surface area contributed by atoms with E-state index in [1.54, 1.807) is 4.68 Å². The molecule has 0 bridgehead atoms. The van der Waals surface area contributed by atoms with Gasteiger partial charge in [-0.05, 0) is 17.7 Å². The van der Waals surface area contributed by atoms with Crippen molar-refractivity contribution in [3.63, 3.8) is 0 Å². The van der Waals surface area contributed by atoms with E-state index in [0.717, 1.165) is 36.0 Å². The first-order valence-electron chi connectivity index (χ1n) is 8.31. The molecule has 1 aliphatic rings. The van der Waals surface area contributed by atoms with Crippen molar-refractivity contribution in [3.05, 3.63) is 66.1 Å². The summed E-state index contributed by atoms with van der Waals surface area (Å²) in [4.78, 5) is 14.8. The van der Waals surface area contributed by atoms with Crippen LogP contribution >= 0.6 is 11.8 Å². The van der Waals surface area contributed by atoms with Crippen LogP contribution in [0.1, 0.15) is 16.1 Å². The summed E-state index contributed by atoms with van der Waals surface area (Å²) in [6.07, 6.45) is 3.84. The Hall–Kier alpha value is -2.54. The minimum Gasteiger partial charge on any atom is -0.335 e. The topological polar surface area (TPSA) is 56.0 Å². The molecule has 0 aliphatic carbocycles. The number of nitrogens with zero attached hydrogens (tertiary/aromatic N) is 5. The monoisotopic (exact) mass is 353 g/mol. The van der Waals surface area contributed by atoms with Crippen molar-refractivity contribution < 1.29 is 4.79 Å². The third-order valence-electron chi connectivity index (χ3n) is 4.23. The van der Waals surface area contributed by atoms with Crippen LogP contribution in [0.3, 0.4) is 0 Å². The van der Waals surface area contributed by atoms with Crippen molar-refractivity contribution in [2.45, 2.75) is 6.54 Å². The second-order valence-electron chi connectivity index (χ2n) is 5.90. The van der Waals surface area contributed by atoms with Gasteiger partial charge in [0.1, 0.15) is 0 Å². The summed E-state index contributed by atoms with van der Waals surface area (Å²) in [7, 11) is 0. The molecule has 25 heavy (non-hydrogen) atoms. The molecule has 0 radical (unpaired) electrons. The highest BCUT2D eigenvalue weighted by molar-refractivity contribution is 7.99. The number of carbonyl (C=O) groups is 1. The fourth-order valence-electron chi connectivity index (χ4n) is 2.96. The first kappa shape index (κ1) is 16.0. The third-order valence-corrected chi connectivity index (χ3v) is 5.18. The second-order valence-corrected chi connectivity index (χ2v) is 7.12. The minimum absolute atomic E-state index is 0.0386. The largest absolute Gasteiger partial charge is 0.335 e. The number of carbonyl (C=O) groups excluding carboxylic acids is 1. The van der Waals surface area contributed by atoms with Gasteiger partial charge in [0.2, 0.25) is 0 Å². The molecule has 1 saturated heterocycles. The van der Waals surface area contributed by atoms with Gasteiger partial charge in [-0.3, -0.25) is 4.79 Å². The molecule has 1 aliphatic heterocycles. The molecule has 1 aromatic carbocycles. The predicted molar refractivity (Wildman–Crippen MR) is 98.1 cm³/mol. The van der Waals surface area contributed by atoms with E-state index in [4.69, 9.17) is 0 Å². The molecule has 3 aromatic rings. The van der Waals surface area contributed by atoms with Gasteiger partial charge in [0.25, 0.3) is 5.91 Å². The van der Waals surface area contributed by atoms with Crippen LogP contribution in [0.2, 0.25) is 0 Å². The Bertz CT molecular complexity index is 838. The third kappa shape index (κ3) is 3.32. The molecule has 1 fully saturated rings. The number of rotatable bonds is 4. The maximum Gasteiger partial charge on any atom is 0.278 e. The van der Waals surface area contributed by atoms with Crippen molar-refractivity contribution in [2.24, 2.45) is 0 Å². The van der Waals surface area contributed by atoms with E-state index < -0.39 is 0 Å². The molecule has 3 heterocycles. The lowest BCUT2D eigenvalue weighted by atomic mass is 10.2. The minimum atomic E-state index is -0.0386. The average Bonchev–Trinajstić information content (AvgIpc) is 3.32. The fourth-order valence-corrected chi connectivity index (χ4v) is 3.86. The summed E-state index contributed by atoms with van der Waals surface area (Å²) in [6.45, 7) is 2.10. The zero-order valence-electron chi connectivity index (χ0n) is 13.8. The van der Waals surface area contributed by atoms with Crippen LogP contribution in [0.4, 0.5) is 0 Å². The van der Waals surface area contributed by atoms with E-state index >= 15 is 0 Å². The van der Waals surface area contributed by atoms with Gasteiger partial charge in [-0.2, -0.15) is 11.8 Å². The summed E-state index contributed by atoms with van der Waals surface area (Å²) in [5.41, 5.74) is 1.54. The van der Waals surface area contributed by atoms with Crippen LogP contribution in [0.25, 0.3) is 5.82 Å². The quantitative estimate of drug-likeness (QED) is 0.722. The maximum atomic E-state index is 13.0. The smallest absolute Gasteiger partial charge is 0.278 e. The van der Waals surface area contributed by atoms with E-state index in [9.17, 15) is 4.79 Å². The molecule has 0 atom stereocenters. The summed E-state index contributed by atoms with van der Waals surface area (Å²) >= 11 is 1.88. The molecule has 0 N–H and O–H groups in total. The summed E-state index contributed by atoms with van der Waals surface area (Å²) in [5.74, 6) is 2.63. The lowest BCUT2D eigenvalue weighted by molar-refractivity contribution is 0.0766. The van der Waals surface area contributed by atoms with Crippen LogP contribution in [-0.2, 0) is 6.54 Å². The molecule has 0 saturated carbocycles. The highest BCUT2D eigenvalue weighted by Crippen LogP contribution is 2.18. The number of hydrogen-bond acceptors (Lipinski definition) is 4. The Balaban J connectivity index is 1.71. The van der Waals surface area contributed by atoms with Crippen LogP contribution in [0.5, 0.6) is 0 Å². The van der Waals surface area contributed by atoms with Gasteiger partial charge in [0.05, 0.1) is 6.54 Å². The van der Waals surface area contributed by atoms with Gasteiger partial charge < -0.3 is 9.47 Å². The zero-order valence-corrected chi connectivity index (χ0v) is 14.6. The normalized spacial score (nSPS) is 14.6. The molecule has 7 heteroatoms. The van der Waals surface area contributed by atoms with E-state index in [-0.39, 0.29) is 5.91 Å². The Kier molecular flexibility index (Phi) is 4.56. The number of aromatic nitrogens is 4. The standard InChI is InChI=1S/C18H19N5OS/c24-18(22-10-12-25-13-11-22)16-17(21-8-4-5-9-21)23(20-19-16)14-15-6-2-1-3-7-15/h1-9H,10-14H2. The highest BCUT2D eigenvalue weighted by atomic mass is 32.2. The SMILES string of the molecule is O=C(c1nnn(Cc2ccccc2)c1-n1cccc1)N1CCSCC1. The molecule has 6 nitrogen and oxygen atoms in total. The summed E-state index contributed by atoms with van der Waals surface area (Å²) in [6, 6.07) is 13.9. The predicted octanol–water partition coefficient (Wildman–Crippen LogP) is 2.31. The van der Waals surface area contributed by atoms with Crippen LogP contribution < -0.4 is 0 Å². The molecule has 4 rings (SSSR count). The lowest BCUT2D eigenvalue weighted by Crippen LogP contribution is -2.38. The van der Waals surface area contributed by atoms with Crippen molar-refractivity contribution in [2.75, 3.05) is 24.6 Å². The van der Waals surface area contributed by atoms with E-state index in [1.165, 1.54) is 0 Å². The molecule has 0 spiro atoms. The van der Waals surface area contributed by atoms with E-state index in [0.29, 0.717) is 12.2 Å². The highest BCUT2D eigenvalue weighted by Gasteiger charge is 2.26. The zero-order chi connectivity index (χ0) is 17.1. The molecule has 128 valence electrons. The number of amides is 1. The van der Waals surface area contributed by atoms with Gasteiger partial charge in [-0.15, -0.1) is 5.10 Å². The number of benzene rings is 1. The first-order valence-corrected chi connectivity index (χ1v) is 9.46. The fraction of sp³-hybridized carbons (Fsp3) is 0.278. The van der Waals surface area contributed by atoms with Crippen molar-refractivity contribution >= 4 is 17.7 Å². The average molecular weight is 353 g/mol. The number of hydrogen-bond donors (Lipinski definition) is 0. The molecule has 2 aromatic heterocycles. The van der Waals surface area contributed by atoms with Gasteiger partial charge in [-0.25, -0.2) is 4.68 Å². The first-order chi connectivity index (χ1) is 12.3. The van der Waals surface area contributed by atoms with Crippen LogP contribution in [-0.4, -0.2) is 55.0 Å². The van der Waals surface area contributed by atoms with Crippen molar-refractivity contribution in [1.82, 2.24) is 24.5 Å². The molecule has 0 unspecified atom stereocenters. The molecular formula is C18H19N5OS. The van der Waals surface area contributed by atoms with Crippen LogP contribution in [0.15, 0.2) is 54.9 Å². The Morgan fingerprint density at radius 1 is 1.04 bits per heavy atom. The Morgan fingerprint density at radius 2 is 1.76 bits per heavy atom. The maximum absolute atomic E-state index is 13.0. The molecule has 1 amide bonds. The van der Waals surface area contributed by atoms with Crippen molar-refractivity contribution in [1.29, 1.82) is 0 Å². The van der Waals surface area contributed by atoms with Gasteiger partial charge in [0, 0.05) is 37.0 Å². The number of thioether (sulfide) groups is 1. The van der Waals surface area contributed by atoms with Gasteiger partial charge in [-0.1, -0.05) is 35.5 Å².